The standard InChI is InChI=1S/C18H19F2N/c1-12(13-6-8-15(19)9-7-13)21-16-10-14(11-16)17-4-2-3-5-18(17)20/h2-9,12,14,16,21H,10-11H2,1H3/t12-,14?,16?/m1/s1. The van der Waals surface area contributed by atoms with Crippen molar-refractivity contribution in [3.05, 3.63) is 71.3 Å². The molecule has 0 unspecified atom stereocenters. The third-order valence-electron chi connectivity index (χ3n) is 4.34. The Morgan fingerprint density at radius 3 is 2.33 bits per heavy atom. The molecule has 1 atom stereocenters. The number of benzene rings is 2. The summed E-state index contributed by atoms with van der Waals surface area (Å²) < 4.78 is 26.6. The zero-order chi connectivity index (χ0) is 14.8. The Morgan fingerprint density at radius 1 is 1.00 bits per heavy atom. The van der Waals surface area contributed by atoms with Crippen molar-refractivity contribution in [1.29, 1.82) is 0 Å². The molecule has 0 heterocycles. The molecule has 0 aromatic heterocycles. The average molecular weight is 287 g/mol. The molecule has 1 aliphatic rings. The zero-order valence-corrected chi connectivity index (χ0v) is 12.0. The molecule has 21 heavy (non-hydrogen) atoms. The predicted molar refractivity (Wildman–Crippen MR) is 80.1 cm³/mol. The quantitative estimate of drug-likeness (QED) is 0.869. The lowest BCUT2D eigenvalue weighted by Crippen LogP contribution is -2.41. The van der Waals surface area contributed by atoms with Crippen LogP contribution >= 0.6 is 0 Å². The highest BCUT2D eigenvalue weighted by molar-refractivity contribution is 5.25. The molecule has 0 radical (unpaired) electrons. The Bertz CT molecular complexity index is 603. The summed E-state index contributed by atoms with van der Waals surface area (Å²) in [7, 11) is 0. The minimum absolute atomic E-state index is 0.104. The Morgan fingerprint density at radius 2 is 1.67 bits per heavy atom. The number of rotatable bonds is 4. The Kier molecular flexibility index (Phi) is 4.02. The van der Waals surface area contributed by atoms with Gasteiger partial charge in [-0.15, -0.1) is 0 Å². The van der Waals surface area contributed by atoms with Crippen molar-refractivity contribution < 1.29 is 8.78 Å². The van der Waals surface area contributed by atoms with Gasteiger partial charge in [-0.05, 0) is 55.0 Å². The van der Waals surface area contributed by atoms with Crippen molar-refractivity contribution in [1.82, 2.24) is 5.32 Å². The van der Waals surface area contributed by atoms with Gasteiger partial charge in [0.25, 0.3) is 0 Å². The van der Waals surface area contributed by atoms with E-state index in [0.29, 0.717) is 12.0 Å². The van der Waals surface area contributed by atoms with Gasteiger partial charge in [0.05, 0.1) is 0 Å². The van der Waals surface area contributed by atoms with E-state index in [1.54, 1.807) is 18.2 Å². The molecule has 1 saturated carbocycles. The lowest BCUT2D eigenvalue weighted by molar-refractivity contribution is 0.266. The lowest BCUT2D eigenvalue weighted by Gasteiger charge is -2.38. The maximum Gasteiger partial charge on any atom is 0.126 e. The third-order valence-corrected chi connectivity index (χ3v) is 4.34. The van der Waals surface area contributed by atoms with Crippen molar-refractivity contribution in [3.63, 3.8) is 0 Å². The lowest BCUT2D eigenvalue weighted by atomic mass is 9.75. The summed E-state index contributed by atoms with van der Waals surface area (Å²) in [5.74, 6) is -0.00846. The number of hydrogen-bond acceptors (Lipinski definition) is 1. The van der Waals surface area contributed by atoms with E-state index in [1.807, 2.05) is 12.1 Å². The minimum atomic E-state index is -0.214. The molecule has 1 nitrogen and oxygen atoms in total. The maximum absolute atomic E-state index is 13.7. The van der Waals surface area contributed by atoms with Crippen molar-refractivity contribution >= 4 is 0 Å². The van der Waals surface area contributed by atoms with Gasteiger partial charge in [-0.1, -0.05) is 30.3 Å². The summed E-state index contributed by atoms with van der Waals surface area (Å²) in [4.78, 5) is 0. The van der Waals surface area contributed by atoms with Gasteiger partial charge in [0.15, 0.2) is 0 Å². The van der Waals surface area contributed by atoms with E-state index in [2.05, 4.69) is 12.2 Å². The van der Waals surface area contributed by atoms with Crippen LogP contribution < -0.4 is 5.32 Å². The van der Waals surface area contributed by atoms with Crippen LogP contribution in [0.3, 0.4) is 0 Å². The first-order valence-electron chi connectivity index (χ1n) is 7.39. The molecule has 3 heteroatoms. The first-order valence-corrected chi connectivity index (χ1v) is 7.39. The first kappa shape index (κ1) is 14.2. The molecule has 1 aliphatic carbocycles. The SMILES string of the molecule is C[C@@H](NC1CC(c2ccccc2F)C1)c1ccc(F)cc1. The third kappa shape index (κ3) is 3.13. The van der Waals surface area contributed by atoms with E-state index in [0.717, 1.165) is 24.0 Å². The molecule has 2 aromatic carbocycles. The van der Waals surface area contributed by atoms with Crippen LogP contribution in [0.4, 0.5) is 8.78 Å². The molecule has 2 aromatic rings. The molecule has 1 fully saturated rings. The van der Waals surface area contributed by atoms with Crippen molar-refractivity contribution in [2.45, 2.75) is 37.8 Å². The zero-order valence-electron chi connectivity index (χ0n) is 12.0. The van der Waals surface area contributed by atoms with Crippen LogP contribution in [0.2, 0.25) is 0 Å². The largest absolute Gasteiger partial charge is 0.307 e. The second-order valence-corrected chi connectivity index (χ2v) is 5.83. The minimum Gasteiger partial charge on any atom is -0.307 e. The van der Waals surface area contributed by atoms with Crippen LogP contribution in [-0.4, -0.2) is 6.04 Å². The summed E-state index contributed by atoms with van der Waals surface area (Å²) in [6.07, 6.45) is 1.90. The van der Waals surface area contributed by atoms with E-state index in [-0.39, 0.29) is 17.7 Å². The van der Waals surface area contributed by atoms with Crippen LogP contribution in [0.1, 0.15) is 42.9 Å². The molecular weight excluding hydrogens is 268 g/mol. The highest BCUT2D eigenvalue weighted by Gasteiger charge is 2.32. The topological polar surface area (TPSA) is 12.0 Å². The van der Waals surface area contributed by atoms with Gasteiger partial charge in [0.2, 0.25) is 0 Å². The summed E-state index contributed by atoms with van der Waals surface area (Å²) >= 11 is 0. The van der Waals surface area contributed by atoms with Gasteiger partial charge in [-0.3, -0.25) is 0 Å². The van der Waals surface area contributed by atoms with Crippen LogP contribution in [-0.2, 0) is 0 Å². The summed E-state index contributed by atoms with van der Waals surface area (Å²) in [6, 6.07) is 14.2. The fourth-order valence-corrected chi connectivity index (χ4v) is 3.02. The summed E-state index contributed by atoms with van der Waals surface area (Å²) in [5, 5.41) is 3.53. The van der Waals surface area contributed by atoms with Crippen LogP contribution in [0.5, 0.6) is 0 Å². The maximum atomic E-state index is 13.7. The molecule has 0 saturated heterocycles. The Hall–Kier alpha value is -1.74. The van der Waals surface area contributed by atoms with Crippen molar-refractivity contribution in [2.75, 3.05) is 0 Å². The molecule has 110 valence electrons. The molecule has 0 aliphatic heterocycles. The molecular formula is C18H19F2N. The van der Waals surface area contributed by atoms with Gasteiger partial charge in [-0.2, -0.15) is 0 Å². The second-order valence-electron chi connectivity index (χ2n) is 5.83. The van der Waals surface area contributed by atoms with Gasteiger partial charge in [0, 0.05) is 12.1 Å². The summed E-state index contributed by atoms with van der Waals surface area (Å²) in [6.45, 7) is 2.07. The van der Waals surface area contributed by atoms with E-state index in [1.165, 1.54) is 18.2 Å². The average Bonchev–Trinajstić information content (AvgIpc) is 2.44. The fraction of sp³-hybridized carbons (Fsp3) is 0.333. The molecule has 0 bridgehead atoms. The van der Waals surface area contributed by atoms with Gasteiger partial charge >= 0.3 is 0 Å². The highest BCUT2D eigenvalue weighted by atomic mass is 19.1. The van der Waals surface area contributed by atoms with E-state index < -0.39 is 0 Å². The predicted octanol–water partition coefficient (Wildman–Crippen LogP) is 4.56. The molecule has 0 amide bonds. The summed E-state index contributed by atoms with van der Waals surface area (Å²) in [5.41, 5.74) is 1.90. The van der Waals surface area contributed by atoms with Gasteiger partial charge in [0.1, 0.15) is 11.6 Å². The van der Waals surface area contributed by atoms with Crippen LogP contribution in [0.15, 0.2) is 48.5 Å². The molecule has 1 N–H and O–H groups in total. The van der Waals surface area contributed by atoms with Gasteiger partial charge < -0.3 is 5.32 Å². The molecule has 0 spiro atoms. The number of halogens is 2. The Balaban J connectivity index is 1.55. The first-order chi connectivity index (χ1) is 10.1. The van der Waals surface area contributed by atoms with Crippen LogP contribution in [0.25, 0.3) is 0 Å². The second kappa shape index (κ2) is 5.94. The monoisotopic (exact) mass is 287 g/mol. The van der Waals surface area contributed by atoms with Crippen LogP contribution in [0, 0.1) is 11.6 Å². The van der Waals surface area contributed by atoms with E-state index in [4.69, 9.17) is 0 Å². The molecule has 3 rings (SSSR count). The number of nitrogens with one attached hydrogen (secondary N) is 1. The normalized spacial score (nSPS) is 22.6. The number of hydrogen-bond donors (Lipinski definition) is 1. The van der Waals surface area contributed by atoms with E-state index >= 15 is 0 Å². The van der Waals surface area contributed by atoms with E-state index in [9.17, 15) is 8.78 Å². The fourth-order valence-electron chi connectivity index (χ4n) is 3.02. The van der Waals surface area contributed by atoms with Crippen molar-refractivity contribution in [3.8, 4) is 0 Å². The van der Waals surface area contributed by atoms with Gasteiger partial charge in [-0.25, -0.2) is 8.78 Å². The Labute approximate surface area is 124 Å². The smallest absolute Gasteiger partial charge is 0.126 e. The highest BCUT2D eigenvalue weighted by Crippen LogP contribution is 2.38. The van der Waals surface area contributed by atoms with Crippen molar-refractivity contribution in [2.24, 2.45) is 0 Å².